The van der Waals surface area contributed by atoms with Crippen LogP contribution in [0.2, 0.25) is 0 Å². The highest BCUT2D eigenvalue weighted by Crippen LogP contribution is 2.14. The molecule has 14 heteroatoms. The molecule has 3 N–H and O–H groups in total. The second-order valence-electron chi connectivity index (χ2n) is 13.6. The van der Waals surface area contributed by atoms with Crippen LogP contribution in [0.3, 0.4) is 0 Å². The number of aromatic nitrogens is 8. The molecule has 14 nitrogen and oxygen atoms in total. The minimum atomic E-state index is -0.743. The molecule has 4 aromatic heterocycles. The maximum Gasteiger partial charge on any atom is 0.332 e. The summed E-state index contributed by atoms with van der Waals surface area (Å²) in [5.74, 6) is 0. The summed E-state index contributed by atoms with van der Waals surface area (Å²) in [6, 6.07) is 9.85. The Kier molecular flexibility index (Phi) is 12.0. The molecule has 0 aliphatic heterocycles. The summed E-state index contributed by atoms with van der Waals surface area (Å²) in [6.07, 6.45) is 7.13. The van der Waals surface area contributed by atoms with E-state index in [0.717, 1.165) is 18.4 Å². The molecule has 0 fully saturated rings. The fourth-order valence-corrected chi connectivity index (χ4v) is 5.87. The first kappa shape index (κ1) is 37.3. The molecule has 5 aromatic rings. The number of hydrogen-bond donors (Lipinski definition) is 3. The minimum Gasteiger partial charge on any atom is -0.390 e. The van der Waals surface area contributed by atoms with E-state index >= 15 is 0 Å². The molecule has 0 unspecified atom stereocenters. The van der Waals surface area contributed by atoms with Crippen LogP contribution < -0.4 is 22.5 Å². The van der Waals surface area contributed by atoms with Gasteiger partial charge >= 0.3 is 11.4 Å². The van der Waals surface area contributed by atoms with Gasteiger partial charge in [-0.05, 0) is 85.6 Å². The van der Waals surface area contributed by atoms with Crippen LogP contribution in [0.25, 0.3) is 22.3 Å². The average molecular weight is 679 g/mol. The van der Waals surface area contributed by atoms with E-state index in [4.69, 9.17) is 0 Å². The summed E-state index contributed by atoms with van der Waals surface area (Å²) >= 11 is 0. The Bertz CT molecular complexity index is 2090. The van der Waals surface area contributed by atoms with E-state index < -0.39 is 11.2 Å². The van der Waals surface area contributed by atoms with Gasteiger partial charge in [0.2, 0.25) is 0 Å². The Labute approximate surface area is 284 Å². The maximum absolute atomic E-state index is 13.1. The molecule has 1 aromatic carbocycles. The largest absolute Gasteiger partial charge is 0.390 e. The molecular weight excluding hydrogens is 628 g/mol. The minimum absolute atomic E-state index is 0.304. The predicted molar refractivity (Wildman–Crippen MR) is 190 cm³/mol. The zero-order valence-corrected chi connectivity index (χ0v) is 29.5. The molecule has 0 radical (unpaired) electrons. The van der Waals surface area contributed by atoms with Crippen molar-refractivity contribution in [2.24, 2.45) is 0 Å². The zero-order chi connectivity index (χ0) is 35.9. The Morgan fingerprint density at radius 3 is 1.76 bits per heavy atom. The molecule has 0 bridgehead atoms. The van der Waals surface area contributed by atoms with Crippen molar-refractivity contribution in [1.82, 2.24) is 37.8 Å². The number of H-pyrrole nitrogens is 1. The fraction of sp³-hybridized carbons (Fsp3) is 0.543. The summed E-state index contributed by atoms with van der Waals surface area (Å²) < 4.78 is 7.40. The molecule has 0 atom stereocenters. The van der Waals surface area contributed by atoms with E-state index in [1.165, 1.54) is 20.0 Å². The lowest BCUT2D eigenvalue weighted by molar-refractivity contribution is 0.0672. The monoisotopic (exact) mass is 678 g/mol. The molecule has 266 valence electrons. The first-order valence-electron chi connectivity index (χ1n) is 17.0. The lowest BCUT2D eigenvalue weighted by atomic mass is 10.0. The number of aliphatic hydroxyl groups is 2. The van der Waals surface area contributed by atoms with Crippen LogP contribution in [-0.4, -0.2) is 59.2 Å². The highest BCUT2D eigenvalue weighted by atomic mass is 16.3. The Hall–Kier alpha value is -4.56. The van der Waals surface area contributed by atoms with E-state index in [1.807, 2.05) is 48.7 Å². The predicted octanol–water partition coefficient (Wildman–Crippen LogP) is 3.22. The lowest BCUT2D eigenvalue weighted by Crippen LogP contribution is -2.40. The highest BCUT2D eigenvalue weighted by Gasteiger charge is 2.19. The second-order valence-corrected chi connectivity index (χ2v) is 13.6. The van der Waals surface area contributed by atoms with Crippen molar-refractivity contribution in [2.45, 2.75) is 124 Å². The van der Waals surface area contributed by atoms with E-state index in [0.29, 0.717) is 80.7 Å². The number of benzene rings is 1. The van der Waals surface area contributed by atoms with Crippen molar-refractivity contribution >= 4 is 22.3 Å². The van der Waals surface area contributed by atoms with E-state index in [-0.39, 0.29) is 22.5 Å². The third-order valence-electron chi connectivity index (χ3n) is 8.45. The third kappa shape index (κ3) is 9.12. The molecule has 0 aliphatic rings. The van der Waals surface area contributed by atoms with Crippen LogP contribution in [0.15, 0.2) is 62.2 Å². The molecule has 0 amide bonds. The van der Waals surface area contributed by atoms with Crippen LogP contribution in [0.1, 0.15) is 85.6 Å². The van der Waals surface area contributed by atoms with Crippen molar-refractivity contribution in [3.8, 4) is 0 Å². The van der Waals surface area contributed by atoms with E-state index in [9.17, 15) is 29.4 Å². The van der Waals surface area contributed by atoms with Crippen molar-refractivity contribution in [1.29, 1.82) is 0 Å². The summed E-state index contributed by atoms with van der Waals surface area (Å²) in [5.41, 5.74) is -0.0462. The molecule has 5 rings (SSSR count). The molecule has 0 aliphatic carbocycles. The van der Waals surface area contributed by atoms with Crippen molar-refractivity contribution in [2.75, 3.05) is 0 Å². The van der Waals surface area contributed by atoms with Crippen LogP contribution in [0.4, 0.5) is 0 Å². The number of nitrogens with zero attached hydrogens (tertiary/aromatic N) is 7. The standard InChI is InChI=1S/C21H28N4O3.C14H22N4O3/c1-4-24-18-17(23(15-22-18)14-16-10-6-5-7-11-16)19(26)25(20(24)27)13-9-8-12-21(2,3)28;1-4-17-11-10(15-9-16-11)12(19)18(13(17)20)8-6-5-7-14(2,3)21/h5-7,10-11,15,28H,4,8-9,12-14H2,1-3H3;9,21H,4-8H2,1-3H3,(H,15,16). The number of nitrogens with one attached hydrogen (secondary N) is 1. The van der Waals surface area contributed by atoms with Crippen LogP contribution in [-0.2, 0) is 32.7 Å². The number of aromatic amines is 1. The van der Waals surface area contributed by atoms with Gasteiger partial charge < -0.3 is 19.8 Å². The summed E-state index contributed by atoms with van der Waals surface area (Å²) in [4.78, 5) is 61.8. The topological polar surface area (TPSA) is 175 Å². The van der Waals surface area contributed by atoms with Gasteiger partial charge in [-0.15, -0.1) is 0 Å². The third-order valence-corrected chi connectivity index (χ3v) is 8.45. The van der Waals surface area contributed by atoms with Crippen LogP contribution in [0, 0.1) is 0 Å². The number of unbranched alkanes of at least 4 members (excludes halogenated alkanes) is 2. The van der Waals surface area contributed by atoms with Gasteiger partial charge in [0, 0.05) is 32.7 Å². The van der Waals surface area contributed by atoms with E-state index in [1.54, 1.807) is 38.6 Å². The number of imidazole rings is 2. The number of fused-ring (bicyclic) bond motifs is 2. The number of aryl methyl sites for hydroxylation is 2. The van der Waals surface area contributed by atoms with Crippen LogP contribution in [0.5, 0.6) is 0 Å². The Morgan fingerprint density at radius 1 is 0.694 bits per heavy atom. The Balaban J connectivity index is 0.000000230. The van der Waals surface area contributed by atoms with Crippen molar-refractivity contribution in [3.63, 3.8) is 0 Å². The quantitative estimate of drug-likeness (QED) is 0.150. The molecule has 0 saturated carbocycles. The van der Waals surface area contributed by atoms with Gasteiger partial charge in [0.15, 0.2) is 16.8 Å². The molecule has 4 heterocycles. The molecule has 49 heavy (non-hydrogen) atoms. The summed E-state index contributed by atoms with van der Waals surface area (Å²) in [7, 11) is 0. The first-order valence-corrected chi connectivity index (χ1v) is 17.0. The highest BCUT2D eigenvalue weighted by molar-refractivity contribution is 5.70. The van der Waals surface area contributed by atoms with Gasteiger partial charge in [-0.25, -0.2) is 19.6 Å². The maximum atomic E-state index is 13.1. The molecular formula is C35H50N8O6. The summed E-state index contributed by atoms with van der Waals surface area (Å²) in [6.45, 7) is 12.9. The molecule has 0 saturated heterocycles. The summed E-state index contributed by atoms with van der Waals surface area (Å²) in [5, 5.41) is 19.5. The zero-order valence-electron chi connectivity index (χ0n) is 29.5. The van der Waals surface area contributed by atoms with Gasteiger partial charge in [0.05, 0.1) is 23.9 Å². The van der Waals surface area contributed by atoms with Crippen LogP contribution >= 0.6 is 0 Å². The second kappa shape index (κ2) is 15.8. The lowest BCUT2D eigenvalue weighted by Gasteiger charge is -2.16. The normalized spacial score (nSPS) is 12.1. The van der Waals surface area contributed by atoms with E-state index in [2.05, 4.69) is 15.0 Å². The SMILES string of the molecule is CCn1c(=O)n(CCCCC(C)(C)O)c(=O)c2[nH]cnc21.CCn1c(=O)n(CCCCC(C)(C)O)c(=O)c2c1ncn2Cc1ccccc1. The number of hydrogen-bond acceptors (Lipinski definition) is 8. The smallest absolute Gasteiger partial charge is 0.332 e. The van der Waals surface area contributed by atoms with Gasteiger partial charge in [0.25, 0.3) is 11.1 Å². The fourth-order valence-electron chi connectivity index (χ4n) is 5.87. The van der Waals surface area contributed by atoms with Crippen molar-refractivity contribution < 1.29 is 10.2 Å². The average Bonchev–Trinajstić information content (AvgIpc) is 3.69. The van der Waals surface area contributed by atoms with Gasteiger partial charge in [-0.3, -0.25) is 27.9 Å². The van der Waals surface area contributed by atoms with Gasteiger partial charge in [-0.2, -0.15) is 0 Å². The van der Waals surface area contributed by atoms with Gasteiger partial charge in [0.1, 0.15) is 5.52 Å². The first-order chi connectivity index (χ1) is 23.2. The molecule has 0 spiro atoms. The number of rotatable bonds is 14. The van der Waals surface area contributed by atoms with Gasteiger partial charge in [-0.1, -0.05) is 30.3 Å². The van der Waals surface area contributed by atoms with Crippen molar-refractivity contribution in [3.05, 3.63) is 90.2 Å². The Morgan fingerprint density at radius 2 is 1.22 bits per heavy atom.